The van der Waals surface area contributed by atoms with E-state index in [0.29, 0.717) is 17.0 Å². The molecule has 210 valence electrons. The second kappa shape index (κ2) is 13.0. The van der Waals surface area contributed by atoms with Crippen LogP contribution in [0.15, 0.2) is 89.9 Å². The van der Waals surface area contributed by atoms with E-state index in [1.807, 2.05) is 32.0 Å². The molecule has 1 aliphatic heterocycles. The Labute approximate surface area is 248 Å². The topological polar surface area (TPSA) is 68.7 Å². The summed E-state index contributed by atoms with van der Waals surface area (Å²) < 4.78 is 0. The molecule has 0 aliphatic carbocycles. The predicted octanol–water partition coefficient (Wildman–Crippen LogP) is 6.28. The van der Waals surface area contributed by atoms with Gasteiger partial charge in [0.25, 0.3) is 0 Å². The fraction of sp³-hybridized carbons (Fsp3) is 0.273. The first-order valence-corrected chi connectivity index (χ1v) is 14.4. The lowest BCUT2D eigenvalue weighted by atomic mass is 9.96. The zero-order valence-corrected chi connectivity index (χ0v) is 24.9. The van der Waals surface area contributed by atoms with Crippen LogP contribution in [0.4, 0.5) is 11.6 Å². The van der Waals surface area contributed by atoms with Gasteiger partial charge < -0.3 is 10.2 Å². The van der Waals surface area contributed by atoms with Gasteiger partial charge in [-0.1, -0.05) is 72.8 Å². The maximum atomic E-state index is 5.73. The van der Waals surface area contributed by atoms with E-state index in [1.54, 1.807) is 0 Å². The number of aryl methyl sites for hydroxylation is 3. The standard InChI is InChI=1S/C33H37N7S/c1-23-12-11-17-29(26(23)4)36-33(41)38-32(37-31-34-24(2)22-25(3)35-31)40-20-18-39(19-21-40)30(27-13-7-5-8-14-27)28-15-9-6-10-16-28/h5-17,22,30H,18-21H2,1-4H3,(H2,34,35,36,37,38,41). The molecule has 4 aromatic rings. The van der Waals surface area contributed by atoms with Crippen LogP contribution < -0.4 is 10.6 Å². The van der Waals surface area contributed by atoms with Crippen molar-refractivity contribution in [1.82, 2.24) is 19.8 Å². The van der Waals surface area contributed by atoms with Crippen LogP contribution in [-0.4, -0.2) is 57.0 Å². The van der Waals surface area contributed by atoms with Crippen molar-refractivity contribution in [2.24, 2.45) is 4.99 Å². The zero-order chi connectivity index (χ0) is 28.8. The zero-order valence-electron chi connectivity index (χ0n) is 24.1. The van der Waals surface area contributed by atoms with E-state index >= 15 is 0 Å². The van der Waals surface area contributed by atoms with E-state index in [2.05, 4.69) is 111 Å². The molecule has 0 unspecified atom stereocenters. The molecule has 7 nitrogen and oxygen atoms in total. The third kappa shape index (κ3) is 7.14. The molecule has 1 aliphatic rings. The first kappa shape index (κ1) is 28.4. The monoisotopic (exact) mass is 563 g/mol. The molecule has 0 radical (unpaired) electrons. The van der Waals surface area contributed by atoms with Gasteiger partial charge in [-0.2, -0.15) is 4.99 Å². The van der Waals surface area contributed by atoms with Crippen LogP contribution in [-0.2, 0) is 0 Å². The largest absolute Gasteiger partial charge is 0.340 e. The molecule has 1 fully saturated rings. The van der Waals surface area contributed by atoms with Crippen molar-refractivity contribution < 1.29 is 0 Å². The molecule has 3 aromatic carbocycles. The number of aliphatic imine (C=N–C) groups is 1. The van der Waals surface area contributed by atoms with Crippen molar-refractivity contribution >= 4 is 34.9 Å². The maximum Gasteiger partial charge on any atom is 0.229 e. The second-order valence-corrected chi connectivity index (χ2v) is 10.8. The maximum absolute atomic E-state index is 5.73. The second-order valence-electron chi connectivity index (χ2n) is 10.5. The Morgan fingerprint density at radius 2 is 1.34 bits per heavy atom. The van der Waals surface area contributed by atoms with Crippen molar-refractivity contribution in [3.8, 4) is 0 Å². The van der Waals surface area contributed by atoms with Gasteiger partial charge in [-0.25, -0.2) is 9.97 Å². The smallest absolute Gasteiger partial charge is 0.229 e. The summed E-state index contributed by atoms with van der Waals surface area (Å²) in [6.45, 7) is 11.4. The van der Waals surface area contributed by atoms with Gasteiger partial charge in [0.05, 0.1) is 6.04 Å². The summed E-state index contributed by atoms with van der Waals surface area (Å²) in [7, 11) is 0. The Bertz CT molecular complexity index is 1450. The van der Waals surface area contributed by atoms with Gasteiger partial charge in [0.15, 0.2) is 0 Å². The Morgan fingerprint density at radius 3 is 1.93 bits per heavy atom. The molecule has 1 aromatic heterocycles. The van der Waals surface area contributed by atoms with Crippen molar-refractivity contribution in [2.75, 3.05) is 36.8 Å². The third-order valence-corrected chi connectivity index (χ3v) is 7.66. The van der Waals surface area contributed by atoms with Crippen molar-refractivity contribution in [3.63, 3.8) is 0 Å². The molecule has 41 heavy (non-hydrogen) atoms. The number of hydrogen-bond acceptors (Lipinski definition) is 4. The normalized spacial score (nSPS) is 14.3. The molecular formula is C33H37N7S. The number of anilines is 2. The van der Waals surface area contributed by atoms with Gasteiger partial charge in [0, 0.05) is 43.3 Å². The van der Waals surface area contributed by atoms with Gasteiger partial charge in [0.2, 0.25) is 17.0 Å². The number of nitrogens with zero attached hydrogens (tertiary/aromatic N) is 5. The fourth-order valence-electron chi connectivity index (χ4n) is 5.26. The summed E-state index contributed by atoms with van der Waals surface area (Å²) in [5, 5.41) is 7.10. The minimum atomic E-state index is 0.183. The quantitative estimate of drug-likeness (QED) is 0.168. The van der Waals surface area contributed by atoms with Crippen molar-refractivity contribution in [1.29, 1.82) is 0 Å². The van der Waals surface area contributed by atoms with Crippen LogP contribution in [0, 0.1) is 27.7 Å². The Kier molecular flexibility index (Phi) is 9.01. The highest BCUT2D eigenvalue weighted by atomic mass is 32.1. The van der Waals surface area contributed by atoms with E-state index in [9.17, 15) is 0 Å². The Balaban J connectivity index is 1.39. The van der Waals surface area contributed by atoms with Crippen LogP contribution in [0.5, 0.6) is 0 Å². The molecule has 2 heterocycles. The highest BCUT2D eigenvalue weighted by Crippen LogP contribution is 2.29. The Hall–Kier alpha value is -4.14. The molecule has 0 atom stereocenters. The van der Waals surface area contributed by atoms with Crippen molar-refractivity contribution in [3.05, 3.63) is 119 Å². The number of piperazine rings is 1. The minimum Gasteiger partial charge on any atom is -0.340 e. The summed E-state index contributed by atoms with van der Waals surface area (Å²) in [4.78, 5) is 18.8. The van der Waals surface area contributed by atoms with E-state index in [0.717, 1.165) is 48.8 Å². The highest BCUT2D eigenvalue weighted by molar-refractivity contribution is 7.80. The minimum absolute atomic E-state index is 0.183. The van der Waals surface area contributed by atoms with Gasteiger partial charge in [0.1, 0.15) is 0 Å². The Morgan fingerprint density at radius 1 is 0.756 bits per heavy atom. The number of guanidine groups is 1. The van der Waals surface area contributed by atoms with Gasteiger partial charge in [-0.3, -0.25) is 10.2 Å². The first-order valence-electron chi connectivity index (χ1n) is 14.0. The number of nitrogens with one attached hydrogen (secondary N) is 2. The summed E-state index contributed by atoms with van der Waals surface area (Å²) in [5.74, 6) is 1.16. The van der Waals surface area contributed by atoms with E-state index in [4.69, 9.17) is 17.2 Å². The van der Waals surface area contributed by atoms with Gasteiger partial charge in [-0.15, -0.1) is 0 Å². The summed E-state index contributed by atoms with van der Waals surface area (Å²) in [6.07, 6.45) is 0. The molecule has 8 heteroatoms. The molecule has 1 saturated heterocycles. The third-order valence-electron chi connectivity index (χ3n) is 7.47. The average Bonchev–Trinajstić information content (AvgIpc) is 2.96. The number of thiocarbonyl (C=S) groups is 1. The van der Waals surface area contributed by atoms with Crippen LogP contribution in [0.1, 0.15) is 39.7 Å². The SMILES string of the molecule is Cc1cc(C)nc(N/C(=N/C(=S)Nc2cccc(C)c2C)N2CCN(C(c3ccccc3)c3ccccc3)CC2)n1. The summed E-state index contributed by atoms with van der Waals surface area (Å²) in [5.41, 5.74) is 7.69. The van der Waals surface area contributed by atoms with Crippen LogP contribution in [0.3, 0.4) is 0 Å². The first-order chi connectivity index (χ1) is 19.9. The van der Waals surface area contributed by atoms with Crippen LogP contribution >= 0.6 is 12.2 Å². The fourth-order valence-corrected chi connectivity index (χ4v) is 5.46. The lowest BCUT2D eigenvalue weighted by molar-refractivity contribution is 0.150. The van der Waals surface area contributed by atoms with E-state index in [-0.39, 0.29) is 6.04 Å². The number of hydrogen-bond donors (Lipinski definition) is 2. The number of aromatic nitrogens is 2. The lowest BCUT2D eigenvalue weighted by Crippen LogP contribution is -2.52. The van der Waals surface area contributed by atoms with Gasteiger partial charge >= 0.3 is 0 Å². The van der Waals surface area contributed by atoms with E-state index < -0.39 is 0 Å². The lowest BCUT2D eigenvalue weighted by Gasteiger charge is -2.40. The number of rotatable bonds is 5. The van der Waals surface area contributed by atoms with Crippen LogP contribution in [0.2, 0.25) is 0 Å². The summed E-state index contributed by atoms with van der Waals surface area (Å²) in [6, 6.07) is 29.7. The molecule has 0 saturated carbocycles. The molecule has 0 amide bonds. The summed E-state index contributed by atoms with van der Waals surface area (Å²) >= 11 is 5.73. The molecular weight excluding hydrogens is 526 g/mol. The predicted molar refractivity (Wildman–Crippen MR) is 173 cm³/mol. The average molecular weight is 564 g/mol. The van der Waals surface area contributed by atoms with E-state index in [1.165, 1.54) is 16.7 Å². The molecule has 2 N–H and O–H groups in total. The molecule has 0 spiro atoms. The molecule has 0 bridgehead atoms. The van der Waals surface area contributed by atoms with Crippen LogP contribution in [0.25, 0.3) is 0 Å². The van der Waals surface area contributed by atoms with Crippen molar-refractivity contribution in [2.45, 2.75) is 33.7 Å². The molecule has 5 rings (SSSR count). The van der Waals surface area contributed by atoms with Gasteiger partial charge in [-0.05, 0) is 74.3 Å². The number of benzene rings is 3. The highest BCUT2D eigenvalue weighted by Gasteiger charge is 2.28.